The summed E-state index contributed by atoms with van der Waals surface area (Å²) in [4.78, 5) is 21.4. The van der Waals surface area contributed by atoms with E-state index in [9.17, 15) is 4.79 Å². The Morgan fingerprint density at radius 1 is 1.63 bits per heavy atom. The van der Waals surface area contributed by atoms with E-state index in [0.717, 1.165) is 17.8 Å². The van der Waals surface area contributed by atoms with Gasteiger partial charge in [0.2, 0.25) is 0 Å². The summed E-state index contributed by atoms with van der Waals surface area (Å²) >= 11 is 0. The fraction of sp³-hybridized carbons (Fsp3) is 0.692. The van der Waals surface area contributed by atoms with Crippen molar-refractivity contribution in [2.24, 2.45) is 5.73 Å². The molecule has 0 bridgehead atoms. The number of carbonyl (C=O) groups excluding carboxylic acids is 1. The summed E-state index contributed by atoms with van der Waals surface area (Å²) in [5, 5.41) is 0. The van der Waals surface area contributed by atoms with Gasteiger partial charge in [0, 0.05) is 25.2 Å². The molecule has 1 aliphatic rings. The van der Waals surface area contributed by atoms with E-state index < -0.39 is 11.1 Å². The SMILES string of the molecule is CC(C)(C)OC(=O)N1CCc2[nH]cnc2C1(C)CN. The molecular weight excluding hydrogens is 244 g/mol. The van der Waals surface area contributed by atoms with Crippen LogP contribution in [0, 0.1) is 0 Å². The minimum Gasteiger partial charge on any atom is -0.444 e. The van der Waals surface area contributed by atoms with E-state index in [-0.39, 0.29) is 6.09 Å². The Labute approximate surface area is 113 Å². The van der Waals surface area contributed by atoms with Crippen molar-refractivity contribution in [1.82, 2.24) is 14.9 Å². The number of carbonyl (C=O) groups is 1. The first-order chi connectivity index (χ1) is 8.78. The molecule has 3 N–H and O–H groups in total. The zero-order valence-corrected chi connectivity index (χ0v) is 12.0. The number of rotatable bonds is 1. The van der Waals surface area contributed by atoms with E-state index in [4.69, 9.17) is 10.5 Å². The lowest BCUT2D eigenvalue weighted by Crippen LogP contribution is -2.56. The molecule has 19 heavy (non-hydrogen) atoms. The third-order valence-corrected chi connectivity index (χ3v) is 3.42. The topological polar surface area (TPSA) is 84.2 Å². The van der Waals surface area contributed by atoms with Crippen molar-refractivity contribution in [3.05, 3.63) is 17.7 Å². The predicted molar refractivity (Wildman–Crippen MR) is 71.6 cm³/mol. The predicted octanol–water partition coefficient (Wildman–Crippen LogP) is 1.38. The van der Waals surface area contributed by atoms with E-state index in [1.807, 2.05) is 27.7 Å². The first-order valence-corrected chi connectivity index (χ1v) is 6.51. The Kier molecular flexibility index (Phi) is 3.30. The Morgan fingerprint density at radius 3 is 2.89 bits per heavy atom. The highest BCUT2D eigenvalue weighted by atomic mass is 16.6. The molecule has 0 radical (unpaired) electrons. The van der Waals surface area contributed by atoms with Gasteiger partial charge in [-0.15, -0.1) is 0 Å². The van der Waals surface area contributed by atoms with Crippen molar-refractivity contribution < 1.29 is 9.53 Å². The number of aromatic amines is 1. The fourth-order valence-electron chi connectivity index (χ4n) is 2.39. The van der Waals surface area contributed by atoms with E-state index in [0.29, 0.717) is 13.1 Å². The molecule has 1 atom stereocenters. The Morgan fingerprint density at radius 2 is 2.32 bits per heavy atom. The maximum absolute atomic E-state index is 12.3. The number of hydrogen-bond donors (Lipinski definition) is 2. The summed E-state index contributed by atoms with van der Waals surface area (Å²) < 4.78 is 5.46. The minimum absolute atomic E-state index is 0.310. The van der Waals surface area contributed by atoms with Crippen LogP contribution in [0.4, 0.5) is 4.79 Å². The monoisotopic (exact) mass is 266 g/mol. The molecule has 106 valence electrons. The second-order valence-corrected chi connectivity index (χ2v) is 6.09. The molecule has 2 rings (SSSR count). The number of hydrogen-bond acceptors (Lipinski definition) is 4. The zero-order chi connectivity index (χ0) is 14.3. The van der Waals surface area contributed by atoms with Crippen LogP contribution in [0.15, 0.2) is 6.33 Å². The molecule has 0 saturated heterocycles. The Balaban J connectivity index is 2.30. The van der Waals surface area contributed by atoms with E-state index in [1.165, 1.54) is 0 Å². The van der Waals surface area contributed by atoms with Crippen LogP contribution in [0.25, 0.3) is 0 Å². The van der Waals surface area contributed by atoms with Crippen LogP contribution in [0.5, 0.6) is 0 Å². The number of nitrogens with one attached hydrogen (secondary N) is 1. The largest absolute Gasteiger partial charge is 0.444 e. The van der Waals surface area contributed by atoms with Crippen molar-refractivity contribution in [2.75, 3.05) is 13.1 Å². The van der Waals surface area contributed by atoms with Crippen LogP contribution >= 0.6 is 0 Å². The van der Waals surface area contributed by atoms with Crippen LogP contribution in [-0.2, 0) is 16.7 Å². The normalized spacial score (nSPS) is 23.1. The third kappa shape index (κ3) is 2.45. The van der Waals surface area contributed by atoms with Gasteiger partial charge in [-0.2, -0.15) is 0 Å². The number of amides is 1. The quantitative estimate of drug-likeness (QED) is 0.804. The van der Waals surface area contributed by atoms with Crippen molar-refractivity contribution in [2.45, 2.75) is 45.3 Å². The molecule has 1 aliphatic heterocycles. The van der Waals surface area contributed by atoms with Crippen LogP contribution in [0.2, 0.25) is 0 Å². The number of aromatic nitrogens is 2. The highest BCUT2D eigenvalue weighted by molar-refractivity contribution is 5.70. The molecule has 1 aromatic rings. The van der Waals surface area contributed by atoms with Gasteiger partial charge in [0.15, 0.2) is 0 Å². The summed E-state index contributed by atoms with van der Waals surface area (Å²) in [5.74, 6) is 0. The summed E-state index contributed by atoms with van der Waals surface area (Å²) in [7, 11) is 0. The second-order valence-electron chi connectivity index (χ2n) is 6.09. The smallest absolute Gasteiger partial charge is 0.411 e. The van der Waals surface area contributed by atoms with Crippen molar-refractivity contribution >= 4 is 6.09 Å². The van der Waals surface area contributed by atoms with Gasteiger partial charge in [-0.05, 0) is 27.7 Å². The highest BCUT2D eigenvalue weighted by Gasteiger charge is 2.43. The molecule has 1 unspecified atom stereocenters. The van der Waals surface area contributed by atoms with E-state index in [2.05, 4.69) is 9.97 Å². The number of nitrogens with two attached hydrogens (primary N) is 1. The van der Waals surface area contributed by atoms with Crippen LogP contribution < -0.4 is 5.73 Å². The lowest BCUT2D eigenvalue weighted by molar-refractivity contribution is -0.00342. The van der Waals surface area contributed by atoms with Gasteiger partial charge in [0.1, 0.15) is 5.60 Å². The third-order valence-electron chi connectivity index (χ3n) is 3.42. The lowest BCUT2D eigenvalue weighted by atomic mass is 9.89. The van der Waals surface area contributed by atoms with Gasteiger partial charge in [-0.1, -0.05) is 0 Å². The number of nitrogens with zero attached hydrogens (tertiary/aromatic N) is 2. The number of fused-ring (bicyclic) bond motifs is 1. The molecule has 0 aliphatic carbocycles. The van der Waals surface area contributed by atoms with Crippen LogP contribution in [0.1, 0.15) is 39.1 Å². The van der Waals surface area contributed by atoms with Gasteiger partial charge in [-0.25, -0.2) is 9.78 Å². The highest BCUT2D eigenvalue weighted by Crippen LogP contribution is 2.33. The van der Waals surface area contributed by atoms with Crippen molar-refractivity contribution in [1.29, 1.82) is 0 Å². The lowest BCUT2D eigenvalue weighted by Gasteiger charge is -2.43. The van der Waals surface area contributed by atoms with E-state index in [1.54, 1.807) is 11.2 Å². The van der Waals surface area contributed by atoms with Gasteiger partial charge in [-0.3, -0.25) is 4.90 Å². The molecule has 0 spiro atoms. The Bertz CT molecular complexity index is 477. The van der Waals surface area contributed by atoms with Crippen LogP contribution in [0.3, 0.4) is 0 Å². The molecule has 2 heterocycles. The zero-order valence-electron chi connectivity index (χ0n) is 12.0. The fourth-order valence-corrected chi connectivity index (χ4v) is 2.39. The molecular formula is C13H22N4O2. The summed E-state index contributed by atoms with van der Waals surface area (Å²) in [6, 6.07) is 0. The molecule has 0 saturated carbocycles. The van der Waals surface area contributed by atoms with Gasteiger partial charge in [0.05, 0.1) is 17.6 Å². The maximum Gasteiger partial charge on any atom is 0.411 e. The van der Waals surface area contributed by atoms with Crippen molar-refractivity contribution in [3.8, 4) is 0 Å². The average Bonchev–Trinajstić information content (AvgIpc) is 2.76. The summed E-state index contributed by atoms with van der Waals surface area (Å²) in [5.41, 5.74) is 6.66. The molecule has 1 aromatic heterocycles. The number of imidazole rings is 1. The average molecular weight is 266 g/mol. The van der Waals surface area contributed by atoms with E-state index >= 15 is 0 Å². The van der Waals surface area contributed by atoms with Crippen molar-refractivity contribution in [3.63, 3.8) is 0 Å². The maximum atomic E-state index is 12.3. The first kappa shape index (κ1) is 13.9. The number of ether oxygens (including phenoxy) is 1. The van der Waals surface area contributed by atoms with Gasteiger partial charge in [0.25, 0.3) is 0 Å². The van der Waals surface area contributed by atoms with Gasteiger partial charge < -0.3 is 15.5 Å². The molecule has 0 aromatic carbocycles. The van der Waals surface area contributed by atoms with Gasteiger partial charge >= 0.3 is 6.09 Å². The molecule has 6 heteroatoms. The standard InChI is InChI=1S/C13H22N4O2/c1-12(2,3)19-11(18)17-6-5-9-10(16-8-15-9)13(17,4)7-14/h8H,5-7,14H2,1-4H3,(H,15,16). The molecule has 6 nitrogen and oxygen atoms in total. The minimum atomic E-state index is -0.615. The Hall–Kier alpha value is -1.56. The molecule has 1 amide bonds. The van der Waals surface area contributed by atoms with Crippen LogP contribution in [-0.4, -0.2) is 39.7 Å². The summed E-state index contributed by atoms with van der Waals surface area (Å²) in [6.07, 6.45) is 2.05. The number of H-pyrrole nitrogens is 1. The second kappa shape index (κ2) is 4.52. The first-order valence-electron chi connectivity index (χ1n) is 6.51. The summed E-state index contributed by atoms with van der Waals surface area (Å²) in [6.45, 7) is 8.38. The molecule has 0 fully saturated rings.